The van der Waals surface area contributed by atoms with Crippen LogP contribution >= 0.6 is 0 Å². The summed E-state index contributed by atoms with van der Waals surface area (Å²) in [5, 5.41) is 0. The van der Waals surface area contributed by atoms with E-state index in [1.807, 2.05) is 0 Å². The first-order chi connectivity index (χ1) is 13.2. The summed E-state index contributed by atoms with van der Waals surface area (Å²) in [4.78, 5) is 27.4. The second-order valence-electron chi connectivity index (χ2n) is 8.52. The lowest BCUT2D eigenvalue weighted by Gasteiger charge is -2.41. The Morgan fingerprint density at radius 3 is 2.36 bits per heavy atom. The normalized spacial score (nSPS) is 23.5. The Kier molecular flexibility index (Phi) is 5.56. The fourth-order valence-corrected chi connectivity index (χ4v) is 4.65. The van der Waals surface area contributed by atoms with Gasteiger partial charge >= 0.3 is 5.97 Å². The molecule has 0 N–H and O–H groups in total. The lowest BCUT2D eigenvalue weighted by molar-refractivity contribution is -0.178. The average Bonchev–Trinajstić information content (AvgIpc) is 3.14. The third-order valence-electron chi connectivity index (χ3n) is 6.08. The molecule has 0 radical (unpaired) electrons. The molecule has 1 aromatic carbocycles. The van der Waals surface area contributed by atoms with Gasteiger partial charge in [-0.25, -0.2) is 15.4 Å². The molecule has 1 saturated heterocycles. The highest BCUT2D eigenvalue weighted by Crippen LogP contribution is 2.44. The number of esters is 1. The molecule has 1 unspecified atom stereocenters. The first kappa shape index (κ1) is 20.4. The number of Topliss-reactive ketones (excluding diaryl/α,β-unsaturated/α-hetero) is 1. The highest BCUT2D eigenvalue weighted by atomic mass is 19.1. The van der Waals surface area contributed by atoms with Gasteiger partial charge in [0.1, 0.15) is 35.0 Å². The second-order valence-corrected chi connectivity index (χ2v) is 8.52. The molecule has 1 aliphatic heterocycles. The molecular weight excluding hydrogens is 364 g/mol. The average molecular weight is 389 g/mol. The van der Waals surface area contributed by atoms with Crippen LogP contribution in [0.3, 0.4) is 0 Å². The van der Waals surface area contributed by atoms with Crippen LogP contribution in [0.2, 0.25) is 0 Å². The van der Waals surface area contributed by atoms with Crippen molar-refractivity contribution in [3.8, 4) is 0 Å². The topological polar surface area (TPSA) is 47.7 Å². The largest absolute Gasteiger partial charge is 0.458 e. The quantitative estimate of drug-likeness (QED) is 0.409. The fraction of sp³-hybridized carbons (Fsp3) is 0.591. The molecule has 28 heavy (non-hydrogen) atoms. The van der Waals surface area contributed by atoms with Crippen molar-refractivity contribution < 1.29 is 23.1 Å². The summed E-state index contributed by atoms with van der Waals surface area (Å²) in [5.74, 6) is -2.02. The van der Waals surface area contributed by atoms with Gasteiger partial charge in [-0.1, -0.05) is 12.8 Å². The van der Waals surface area contributed by atoms with Gasteiger partial charge < -0.3 is 9.58 Å². The number of nitrogens with zero attached hydrogens (tertiary/aromatic N) is 1. The first-order valence-corrected chi connectivity index (χ1v) is 9.77. The summed E-state index contributed by atoms with van der Waals surface area (Å²) >= 11 is 0. The van der Waals surface area contributed by atoms with E-state index in [9.17, 15) is 18.4 Å². The summed E-state index contributed by atoms with van der Waals surface area (Å²) in [6, 6.07) is 2.50. The van der Waals surface area contributed by atoms with Crippen molar-refractivity contribution in [1.29, 1.82) is 0 Å². The van der Waals surface area contributed by atoms with E-state index in [1.165, 1.54) is 26.0 Å². The van der Waals surface area contributed by atoms with Crippen LogP contribution in [0.1, 0.15) is 69.9 Å². The lowest BCUT2D eigenvalue weighted by atomic mass is 9.76. The number of carbonyl (C=O) groups excluding carboxylic acids is 2. The summed E-state index contributed by atoms with van der Waals surface area (Å²) in [6.45, 7) is 10.1. The van der Waals surface area contributed by atoms with Crippen LogP contribution in [-0.4, -0.2) is 17.4 Å². The highest BCUT2D eigenvalue weighted by molar-refractivity contribution is 5.98. The van der Waals surface area contributed by atoms with Gasteiger partial charge in [-0.2, -0.15) is 0 Å². The minimum atomic E-state index is -1.29. The molecule has 2 fully saturated rings. The number of benzene rings is 1. The second kappa shape index (κ2) is 7.62. The third kappa shape index (κ3) is 3.94. The predicted octanol–water partition coefficient (Wildman–Crippen LogP) is 4.89. The molecule has 1 saturated carbocycles. The van der Waals surface area contributed by atoms with Crippen molar-refractivity contribution in [2.45, 2.75) is 76.4 Å². The summed E-state index contributed by atoms with van der Waals surface area (Å²) in [5.41, 5.74) is -1.96. The van der Waals surface area contributed by atoms with Gasteiger partial charge in [-0.05, 0) is 49.3 Å². The van der Waals surface area contributed by atoms with Gasteiger partial charge in [-0.3, -0.25) is 9.59 Å². The minimum Gasteiger partial charge on any atom is -0.458 e. The van der Waals surface area contributed by atoms with E-state index in [4.69, 9.17) is 11.3 Å². The number of carbonyl (C=O) groups is 2. The van der Waals surface area contributed by atoms with E-state index < -0.39 is 28.7 Å². The Morgan fingerprint density at radius 2 is 1.82 bits per heavy atom. The van der Waals surface area contributed by atoms with Gasteiger partial charge in [0.25, 0.3) is 5.54 Å². The fourth-order valence-electron chi connectivity index (χ4n) is 4.65. The Labute approximate surface area is 164 Å². The third-order valence-corrected chi connectivity index (χ3v) is 6.08. The number of hydrogen-bond donors (Lipinski definition) is 0. The number of halogens is 2. The van der Waals surface area contributed by atoms with Gasteiger partial charge in [0.15, 0.2) is 0 Å². The number of rotatable bonds is 5. The standard InChI is InChI=1S/C22H25F2NO3/c1-21(2,25-3)20-17(23)10-14(11-18(20)24)8-9-22(15-6-4-5-7-15)13-16(26)12-19(27)28-22/h10-11,15H,4-9,12-13H2,1-2H3. The molecule has 0 amide bonds. The molecule has 2 aliphatic rings. The molecule has 0 aromatic heterocycles. The molecule has 1 aromatic rings. The van der Waals surface area contributed by atoms with Crippen molar-refractivity contribution in [2.75, 3.05) is 0 Å². The molecule has 0 spiro atoms. The van der Waals surface area contributed by atoms with Crippen molar-refractivity contribution >= 4 is 11.8 Å². The lowest BCUT2D eigenvalue weighted by Crippen LogP contribution is -2.48. The zero-order chi connectivity index (χ0) is 20.5. The first-order valence-electron chi connectivity index (χ1n) is 9.77. The Morgan fingerprint density at radius 1 is 1.21 bits per heavy atom. The van der Waals surface area contributed by atoms with Crippen LogP contribution in [0.15, 0.2) is 12.1 Å². The molecular formula is C22H25F2NO3. The van der Waals surface area contributed by atoms with Gasteiger partial charge in [0.05, 0.1) is 0 Å². The van der Waals surface area contributed by atoms with Gasteiger partial charge in [-0.15, -0.1) is 0 Å². The van der Waals surface area contributed by atoms with Crippen LogP contribution in [0, 0.1) is 24.1 Å². The summed E-state index contributed by atoms with van der Waals surface area (Å²) < 4.78 is 34.8. The molecule has 150 valence electrons. The Bertz CT molecular complexity index is 796. The predicted molar refractivity (Wildman–Crippen MR) is 99.3 cm³/mol. The van der Waals surface area contributed by atoms with E-state index in [0.717, 1.165) is 25.7 Å². The van der Waals surface area contributed by atoms with Crippen LogP contribution in [0.5, 0.6) is 0 Å². The summed E-state index contributed by atoms with van der Waals surface area (Å²) in [7, 11) is 0. The Hall–Kier alpha value is -2.29. The van der Waals surface area contributed by atoms with E-state index in [0.29, 0.717) is 18.4 Å². The van der Waals surface area contributed by atoms with E-state index in [2.05, 4.69) is 4.85 Å². The smallest absolute Gasteiger partial charge is 0.313 e. The highest BCUT2D eigenvalue weighted by Gasteiger charge is 2.47. The van der Waals surface area contributed by atoms with E-state index in [1.54, 1.807) is 0 Å². The molecule has 1 aliphatic carbocycles. The summed E-state index contributed by atoms with van der Waals surface area (Å²) in [6.07, 6.45) is 4.48. The maximum atomic E-state index is 14.6. The number of hydrogen-bond acceptors (Lipinski definition) is 3. The van der Waals surface area contributed by atoms with Gasteiger partial charge in [0.2, 0.25) is 0 Å². The minimum absolute atomic E-state index is 0.107. The Balaban J connectivity index is 1.85. The van der Waals surface area contributed by atoms with Crippen LogP contribution in [0.25, 0.3) is 4.85 Å². The number of aryl methyl sites for hydroxylation is 1. The molecule has 0 bridgehead atoms. The molecule has 1 atom stereocenters. The molecule has 3 rings (SSSR count). The zero-order valence-corrected chi connectivity index (χ0v) is 16.3. The van der Waals surface area contributed by atoms with Crippen LogP contribution in [0.4, 0.5) is 8.78 Å². The van der Waals surface area contributed by atoms with Crippen molar-refractivity contribution in [3.05, 3.63) is 46.3 Å². The molecule has 4 nitrogen and oxygen atoms in total. The number of ketones is 1. The van der Waals surface area contributed by atoms with Crippen molar-refractivity contribution in [2.24, 2.45) is 5.92 Å². The van der Waals surface area contributed by atoms with E-state index in [-0.39, 0.29) is 30.1 Å². The molecule has 1 heterocycles. The maximum Gasteiger partial charge on any atom is 0.313 e. The van der Waals surface area contributed by atoms with Crippen LogP contribution < -0.4 is 0 Å². The zero-order valence-electron chi connectivity index (χ0n) is 16.3. The monoisotopic (exact) mass is 389 g/mol. The van der Waals surface area contributed by atoms with E-state index >= 15 is 0 Å². The van der Waals surface area contributed by atoms with Crippen molar-refractivity contribution in [3.63, 3.8) is 0 Å². The molecule has 6 heteroatoms. The maximum absolute atomic E-state index is 14.6. The van der Waals surface area contributed by atoms with Gasteiger partial charge in [0, 0.05) is 20.3 Å². The van der Waals surface area contributed by atoms with Crippen LogP contribution in [-0.2, 0) is 26.3 Å². The van der Waals surface area contributed by atoms with Crippen molar-refractivity contribution in [1.82, 2.24) is 0 Å². The number of ether oxygens (including phenoxy) is 1. The SMILES string of the molecule is [C-]#[N+]C(C)(C)c1c(F)cc(CCC2(C3CCCC3)CC(=O)CC(=O)O2)cc1F. The number of cyclic esters (lactones) is 1.